The fraction of sp³-hybridized carbons (Fsp3) is 0.684. The number of rotatable bonds is 13. The molecule has 0 amide bonds. The van der Waals surface area contributed by atoms with Crippen LogP contribution in [0.5, 0.6) is 0 Å². The topological polar surface area (TPSA) is 43.4 Å². The molecule has 0 radical (unpaired) electrons. The van der Waals surface area contributed by atoms with Gasteiger partial charge < -0.3 is 1.43 Å². The van der Waals surface area contributed by atoms with E-state index in [1.165, 1.54) is 51.0 Å². The van der Waals surface area contributed by atoms with Gasteiger partial charge in [-0.05, 0) is 37.1 Å². The standard InChI is InChI=1S/C19H31ClO3S.Na.H/c1-3-4-5-6-7-8-9-10-11-12-15-23-24(21,22)19-14-13-18(20)16-17(19)2;;/h13-14,16H,3-12,15H2,1-2H3;;/q;+1;-1. The molecule has 0 saturated carbocycles. The van der Waals surface area contributed by atoms with Gasteiger partial charge in [0.25, 0.3) is 10.1 Å². The number of unbranched alkanes of at least 4 members (excludes halogenated alkanes) is 9. The molecule has 0 atom stereocenters. The quantitative estimate of drug-likeness (QED) is 0.290. The van der Waals surface area contributed by atoms with Crippen LogP contribution in [0.2, 0.25) is 5.02 Å². The Morgan fingerprint density at radius 1 is 0.960 bits per heavy atom. The molecule has 0 N–H and O–H groups in total. The minimum Gasteiger partial charge on any atom is -1.00 e. The van der Waals surface area contributed by atoms with E-state index in [-0.39, 0.29) is 42.5 Å². The number of benzene rings is 1. The smallest absolute Gasteiger partial charge is 1.00 e. The Labute approximate surface area is 182 Å². The third-order valence-electron chi connectivity index (χ3n) is 4.14. The van der Waals surface area contributed by atoms with Crippen LogP contribution in [0.4, 0.5) is 0 Å². The van der Waals surface area contributed by atoms with Crippen LogP contribution in [0.1, 0.15) is 78.1 Å². The molecule has 0 spiro atoms. The molecule has 6 heteroatoms. The Hall–Kier alpha value is 0.420. The van der Waals surface area contributed by atoms with Gasteiger partial charge in [-0.3, -0.25) is 4.18 Å². The second-order valence-electron chi connectivity index (χ2n) is 6.37. The summed E-state index contributed by atoms with van der Waals surface area (Å²) in [4.78, 5) is 0.207. The van der Waals surface area contributed by atoms with Crippen LogP contribution in [-0.4, -0.2) is 15.0 Å². The van der Waals surface area contributed by atoms with Crippen LogP contribution < -0.4 is 29.6 Å². The van der Waals surface area contributed by atoms with Crippen molar-refractivity contribution >= 4 is 21.7 Å². The number of halogens is 1. The summed E-state index contributed by atoms with van der Waals surface area (Å²) in [5.41, 5.74) is 0.616. The van der Waals surface area contributed by atoms with E-state index in [9.17, 15) is 8.42 Å². The third-order valence-corrected chi connectivity index (χ3v) is 5.85. The molecule has 0 aliphatic heterocycles. The van der Waals surface area contributed by atoms with Crippen molar-refractivity contribution in [1.82, 2.24) is 0 Å². The van der Waals surface area contributed by atoms with Crippen molar-refractivity contribution in [2.45, 2.75) is 83.0 Å². The van der Waals surface area contributed by atoms with Crippen LogP contribution >= 0.6 is 11.6 Å². The summed E-state index contributed by atoms with van der Waals surface area (Å²) in [6.07, 6.45) is 12.1. The summed E-state index contributed by atoms with van der Waals surface area (Å²) in [5, 5.41) is 0.529. The molecule has 0 unspecified atom stereocenters. The van der Waals surface area contributed by atoms with E-state index in [0.717, 1.165) is 19.3 Å². The third kappa shape index (κ3) is 11.0. The molecule has 3 nitrogen and oxygen atoms in total. The van der Waals surface area contributed by atoms with Gasteiger partial charge in [-0.1, -0.05) is 76.3 Å². The molecule has 1 aromatic rings. The van der Waals surface area contributed by atoms with Crippen LogP contribution in [-0.2, 0) is 14.3 Å². The zero-order chi connectivity index (χ0) is 17.8. The Bertz CT molecular complexity index is 582. The maximum Gasteiger partial charge on any atom is 1.00 e. The van der Waals surface area contributed by atoms with Crippen molar-refractivity contribution in [3.63, 3.8) is 0 Å². The van der Waals surface area contributed by atoms with Gasteiger partial charge in [-0.25, -0.2) is 0 Å². The molecule has 0 saturated heterocycles. The number of aryl methyl sites for hydroxylation is 1. The van der Waals surface area contributed by atoms with Gasteiger partial charge in [0.15, 0.2) is 0 Å². The Morgan fingerprint density at radius 3 is 2.00 bits per heavy atom. The normalized spacial score (nSPS) is 11.3. The van der Waals surface area contributed by atoms with Gasteiger partial charge in [0.1, 0.15) is 0 Å². The first kappa shape index (κ1) is 25.4. The van der Waals surface area contributed by atoms with Crippen molar-refractivity contribution in [2.75, 3.05) is 6.61 Å². The fourth-order valence-electron chi connectivity index (χ4n) is 2.71. The van der Waals surface area contributed by atoms with Gasteiger partial charge in [0.05, 0.1) is 11.5 Å². The minimum atomic E-state index is -3.68. The monoisotopic (exact) mass is 398 g/mol. The van der Waals surface area contributed by atoms with Gasteiger partial charge in [-0.15, -0.1) is 0 Å². The fourth-order valence-corrected chi connectivity index (χ4v) is 4.09. The molecule has 0 heterocycles. The molecule has 140 valence electrons. The van der Waals surface area contributed by atoms with Crippen LogP contribution in [0.3, 0.4) is 0 Å². The maximum atomic E-state index is 12.2. The molecular weight excluding hydrogens is 367 g/mol. The first-order chi connectivity index (χ1) is 11.5. The number of hydrogen-bond acceptors (Lipinski definition) is 3. The molecule has 1 aromatic carbocycles. The SMILES string of the molecule is CCCCCCCCCCCCOS(=O)(=O)c1ccc(Cl)cc1C.[H-].[Na+]. The first-order valence-corrected chi connectivity index (χ1v) is 10.9. The molecule has 0 fully saturated rings. The van der Waals surface area contributed by atoms with Crippen molar-refractivity contribution in [1.29, 1.82) is 0 Å². The molecular formula is C19H32ClNaO3S. The van der Waals surface area contributed by atoms with Crippen LogP contribution in [0, 0.1) is 6.92 Å². The van der Waals surface area contributed by atoms with Crippen molar-refractivity contribution in [2.24, 2.45) is 0 Å². The van der Waals surface area contributed by atoms with E-state index in [2.05, 4.69) is 6.92 Å². The summed E-state index contributed by atoms with van der Waals surface area (Å²) in [6.45, 7) is 4.21. The zero-order valence-electron chi connectivity index (χ0n) is 17.0. The van der Waals surface area contributed by atoms with E-state index in [1.54, 1.807) is 19.1 Å². The Kier molecular flexibility index (Phi) is 14.7. The predicted molar refractivity (Wildman–Crippen MR) is 102 cm³/mol. The predicted octanol–water partition coefficient (Wildman–Crippen LogP) is 3.39. The average molecular weight is 399 g/mol. The summed E-state index contributed by atoms with van der Waals surface area (Å²) in [5.74, 6) is 0. The molecule has 0 bridgehead atoms. The largest absolute Gasteiger partial charge is 1.00 e. The molecule has 25 heavy (non-hydrogen) atoms. The number of hydrogen-bond donors (Lipinski definition) is 0. The van der Waals surface area contributed by atoms with Crippen molar-refractivity contribution in [3.8, 4) is 0 Å². The second kappa shape index (κ2) is 14.5. The summed E-state index contributed by atoms with van der Waals surface area (Å²) >= 11 is 5.85. The maximum absolute atomic E-state index is 12.2. The van der Waals surface area contributed by atoms with Crippen LogP contribution in [0.25, 0.3) is 0 Å². The first-order valence-electron chi connectivity index (χ1n) is 9.13. The van der Waals surface area contributed by atoms with E-state index in [1.807, 2.05) is 0 Å². The van der Waals surface area contributed by atoms with Crippen molar-refractivity contribution in [3.05, 3.63) is 28.8 Å². The van der Waals surface area contributed by atoms with Gasteiger partial charge in [0.2, 0.25) is 0 Å². The van der Waals surface area contributed by atoms with E-state index in [0.29, 0.717) is 10.6 Å². The zero-order valence-corrected chi connectivity index (χ0v) is 19.6. The van der Waals surface area contributed by atoms with Gasteiger partial charge in [0, 0.05) is 5.02 Å². The van der Waals surface area contributed by atoms with Gasteiger partial charge >= 0.3 is 29.6 Å². The van der Waals surface area contributed by atoms with Crippen molar-refractivity contribution < 1.29 is 43.6 Å². The molecule has 1 rings (SSSR count). The van der Waals surface area contributed by atoms with Crippen LogP contribution in [0.15, 0.2) is 23.1 Å². The van der Waals surface area contributed by atoms with E-state index < -0.39 is 10.1 Å². The summed E-state index contributed by atoms with van der Waals surface area (Å²) in [6, 6.07) is 4.72. The summed E-state index contributed by atoms with van der Waals surface area (Å²) in [7, 11) is -3.68. The van der Waals surface area contributed by atoms with Gasteiger partial charge in [-0.2, -0.15) is 8.42 Å². The second-order valence-corrected chi connectivity index (χ2v) is 8.39. The molecule has 0 aromatic heterocycles. The Balaban J connectivity index is 0. The average Bonchev–Trinajstić information content (AvgIpc) is 2.52. The van der Waals surface area contributed by atoms with E-state index >= 15 is 0 Å². The molecule has 0 aliphatic carbocycles. The summed E-state index contributed by atoms with van der Waals surface area (Å²) < 4.78 is 29.5. The molecule has 0 aliphatic rings. The Morgan fingerprint density at radius 2 is 1.48 bits per heavy atom. The minimum absolute atomic E-state index is 0. The van der Waals surface area contributed by atoms with E-state index in [4.69, 9.17) is 15.8 Å².